The summed E-state index contributed by atoms with van der Waals surface area (Å²) < 4.78 is 0. The standard InChI is InChI=1S/C20H30N4S.HI/c1-21-19(22-15-20(23(2)3)11-14-25-16-20)24-12-9-18(10-13-24)17-7-5-4-6-8-17;/h4-9H,10-16H2,1-3H3,(H,21,22);1H. The summed E-state index contributed by atoms with van der Waals surface area (Å²) in [6.45, 7) is 2.91. The smallest absolute Gasteiger partial charge is 0.194 e. The Balaban J connectivity index is 0.00000243. The highest BCUT2D eigenvalue weighted by atomic mass is 127. The number of hydrogen-bond acceptors (Lipinski definition) is 3. The van der Waals surface area contributed by atoms with Crippen molar-refractivity contribution in [2.24, 2.45) is 4.99 Å². The fraction of sp³-hybridized carbons (Fsp3) is 0.550. The van der Waals surface area contributed by atoms with E-state index in [2.05, 4.69) is 82.4 Å². The van der Waals surface area contributed by atoms with E-state index in [1.807, 2.05) is 7.05 Å². The Labute approximate surface area is 179 Å². The molecule has 3 rings (SSSR count). The molecule has 1 fully saturated rings. The molecule has 0 amide bonds. The van der Waals surface area contributed by atoms with Gasteiger partial charge in [0.05, 0.1) is 0 Å². The highest BCUT2D eigenvalue weighted by Gasteiger charge is 2.36. The van der Waals surface area contributed by atoms with Crippen LogP contribution in [0.2, 0.25) is 0 Å². The number of nitrogens with zero attached hydrogens (tertiary/aromatic N) is 3. The molecule has 1 N–H and O–H groups in total. The van der Waals surface area contributed by atoms with E-state index in [4.69, 9.17) is 0 Å². The van der Waals surface area contributed by atoms with Crippen molar-refractivity contribution in [1.82, 2.24) is 15.1 Å². The van der Waals surface area contributed by atoms with Crippen LogP contribution in [0.25, 0.3) is 5.57 Å². The molecule has 2 aliphatic heterocycles. The van der Waals surface area contributed by atoms with E-state index in [1.165, 1.54) is 29.1 Å². The molecule has 0 spiro atoms. The maximum absolute atomic E-state index is 4.54. The van der Waals surface area contributed by atoms with Gasteiger partial charge in [-0.3, -0.25) is 4.99 Å². The van der Waals surface area contributed by atoms with E-state index in [1.54, 1.807) is 0 Å². The summed E-state index contributed by atoms with van der Waals surface area (Å²) in [6.07, 6.45) is 4.66. The van der Waals surface area contributed by atoms with Gasteiger partial charge < -0.3 is 15.1 Å². The first kappa shape index (κ1) is 21.6. The highest BCUT2D eigenvalue weighted by molar-refractivity contribution is 14.0. The van der Waals surface area contributed by atoms with Gasteiger partial charge in [0.1, 0.15) is 0 Å². The first-order valence-corrected chi connectivity index (χ1v) is 10.3. The van der Waals surface area contributed by atoms with Gasteiger partial charge in [0.15, 0.2) is 5.96 Å². The van der Waals surface area contributed by atoms with Crippen molar-refractivity contribution >= 4 is 47.3 Å². The lowest BCUT2D eigenvalue weighted by Gasteiger charge is -2.38. The number of benzene rings is 1. The van der Waals surface area contributed by atoms with E-state index >= 15 is 0 Å². The number of nitrogens with one attached hydrogen (secondary N) is 1. The van der Waals surface area contributed by atoms with Gasteiger partial charge in [-0.05, 0) is 43.8 Å². The Kier molecular flexibility index (Phi) is 8.29. The maximum atomic E-state index is 4.54. The number of halogens is 1. The zero-order valence-electron chi connectivity index (χ0n) is 16.1. The third-order valence-electron chi connectivity index (χ3n) is 5.47. The maximum Gasteiger partial charge on any atom is 0.194 e. The molecular weight excluding hydrogens is 455 g/mol. The van der Waals surface area contributed by atoms with Gasteiger partial charge in [-0.15, -0.1) is 24.0 Å². The zero-order chi connectivity index (χ0) is 17.7. The lowest BCUT2D eigenvalue weighted by atomic mass is 9.97. The molecule has 1 aromatic carbocycles. The summed E-state index contributed by atoms with van der Waals surface area (Å²) >= 11 is 2.06. The molecule has 2 aliphatic rings. The number of likely N-dealkylation sites (N-methyl/N-ethyl adjacent to an activating group) is 1. The number of guanidine groups is 1. The van der Waals surface area contributed by atoms with Crippen LogP contribution in [0.4, 0.5) is 0 Å². The zero-order valence-corrected chi connectivity index (χ0v) is 19.2. The van der Waals surface area contributed by atoms with Gasteiger partial charge in [-0.25, -0.2) is 0 Å². The van der Waals surface area contributed by atoms with Crippen molar-refractivity contribution in [2.75, 3.05) is 52.3 Å². The summed E-state index contributed by atoms with van der Waals surface area (Å²) in [6, 6.07) is 10.7. The molecule has 4 nitrogen and oxygen atoms in total. The molecule has 0 radical (unpaired) electrons. The largest absolute Gasteiger partial charge is 0.354 e. The number of thioether (sulfide) groups is 1. The van der Waals surface area contributed by atoms with E-state index in [9.17, 15) is 0 Å². The normalized spacial score (nSPS) is 23.6. The van der Waals surface area contributed by atoms with Crippen LogP contribution in [0, 0.1) is 0 Å². The molecule has 0 aliphatic carbocycles. The van der Waals surface area contributed by atoms with Gasteiger partial charge in [-0.2, -0.15) is 11.8 Å². The van der Waals surface area contributed by atoms with Gasteiger partial charge in [0.2, 0.25) is 0 Å². The molecule has 1 unspecified atom stereocenters. The van der Waals surface area contributed by atoms with Crippen LogP contribution >= 0.6 is 35.7 Å². The van der Waals surface area contributed by atoms with Gasteiger partial charge in [0.25, 0.3) is 0 Å². The fourth-order valence-corrected chi connectivity index (χ4v) is 5.15. The van der Waals surface area contributed by atoms with Crippen molar-refractivity contribution in [3.8, 4) is 0 Å². The van der Waals surface area contributed by atoms with Crippen LogP contribution in [0.5, 0.6) is 0 Å². The quantitative estimate of drug-likeness (QED) is 0.402. The molecule has 0 bridgehead atoms. The van der Waals surface area contributed by atoms with Crippen LogP contribution in [0.1, 0.15) is 18.4 Å². The molecule has 26 heavy (non-hydrogen) atoms. The van der Waals surface area contributed by atoms with E-state index < -0.39 is 0 Å². The van der Waals surface area contributed by atoms with Gasteiger partial charge >= 0.3 is 0 Å². The summed E-state index contributed by atoms with van der Waals surface area (Å²) in [4.78, 5) is 9.28. The topological polar surface area (TPSA) is 30.9 Å². The van der Waals surface area contributed by atoms with Crippen LogP contribution < -0.4 is 5.32 Å². The van der Waals surface area contributed by atoms with E-state index in [0.29, 0.717) is 0 Å². The Hall–Kier alpha value is -0.730. The monoisotopic (exact) mass is 486 g/mol. The van der Waals surface area contributed by atoms with Crippen molar-refractivity contribution in [2.45, 2.75) is 18.4 Å². The molecular formula is C20H31IN4S. The number of aliphatic imine (C=N–C) groups is 1. The van der Waals surface area contributed by atoms with Gasteiger partial charge in [-0.1, -0.05) is 36.4 Å². The van der Waals surface area contributed by atoms with E-state index in [-0.39, 0.29) is 29.5 Å². The average molecular weight is 486 g/mol. The SMILES string of the molecule is CN=C(NCC1(N(C)C)CCSC1)N1CC=C(c2ccccc2)CC1.I. The lowest BCUT2D eigenvalue weighted by Crippen LogP contribution is -2.55. The Morgan fingerprint density at radius 1 is 1.31 bits per heavy atom. The van der Waals surface area contributed by atoms with E-state index in [0.717, 1.165) is 32.0 Å². The molecule has 0 saturated carbocycles. The third-order valence-corrected chi connectivity index (χ3v) is 6.71. The highest BCUT2D eigenvalue weighted by Crippen LogP contribution is 2.31. The summed E-state index contributed by atoms with van der Waals surface area (Å²) in [5, 5.41) is 3.65. The van der Waals surface area contributed by atoms with Crippen molar-refractivity contribution < 1.29 is 0 Å². The average Bonchev–Trinajstić information content (AvgIpc) is 3.14. The summed E-state index contributed by atoms with van der Waals surface area (Å²) in [7, 11) is 6.29. The molecule has 144 valence electrons. The molecule has 1 saturated heterocycles. The minimum Gasteiger partial charge on any atom is -0.354 e. The van der Waals surface area contributed by atoms with Crippen molar-refractivity contribution in [1.29, 1.82) is 0 Å². The second-order valence-electron chi connectivity index (χ2n) is 7.11. The second-order valence-corrected chi connectivity index (χ2v) is 8.22. The summed E-state index contributed by atoms with van der Waals surface area (Å²) in [5.74, 6) is 3.48. The van der Waals surface area contributed by atoms with Crippen LogP contribution in [-0.2, 0) is 0 Å². The second kappa shape index (κ2) is 9.99. The van der Waals surface area contributed by atoms with Crippen molar-refractivity contribution in [3.63, 3.8) is 0 Å². The number of hydrogen-bond donors (Lipinski definition) is 1. The minimum absolute atomic E-state index is 0. The number of rotatable bonds is 4. The van der Waals surface area contributed by atoms with Gasteiger partial charge in [0, 0.05) is 38.0 Å². The predicted octanol–water partition coefficient (Wildman–Crippen LogP) is 3.41. The molecule has 6 heteroatoms. The summed E-state index contributed by atoms with van der Waals surface area (Å²) in [5.41, 5.74) is 3.05. The fourth-order valence-electron chi connectivity index (χ4n) is 3.60. The first-order valence-electron chi connectivity index (χ1n) is 9.10. The molecule has 1 atom stereocenters. The Morgan fingerprint density at radius 3 is 2.62 bits per heavy atom. The molecule has 2 heterocycles. The first-order chi connectivity index (χ1) is 12.1. The minimum atomic E-state index is 0. The lowest BCUT2D eigenvalue weighted by molar-refractivity contribution is 0.181. The Bertz CT molecular complexity index is 624. The van der Waals surface area contributed by atoms with Crippen LogP contribution in [-0.4, -0.2) is 73.6 Å². The van der Waals surface area contributed by atoms with Crippen LogP contribution in [0.3, 0.4) is 0 Å². The van der Waals surface area contributed by atoms with Crippen molar-refractivity contribution in [3.05, 3.63) is 42.0 Å². The third kappa shape index (κ3) is 4.95. The van der Waals surface area contributed by atoms with Crippen LogP contribution in [0.15, 0.2) is 41.4 Å². The molecule has 1 aromatic rings. The molecule has 0 aromatic heterocycles. The predicted molar refractivity (Wildman–Crippen MR) is 126 cm³/mol. The Morgan fingerprint density at radius 2 is 2.08 bits per heavy atom.